The number of carbonyl (C=O) groups excluding carboxylic acids is 4. The lowest BCUT2D eigenvalue weighted by Crippen LogP contribution is -2.34. The number of benzene rings is 2. The average Bonchev–Trinajstić information content (AvgIpc) is 2.88. The van der Waals surface area contributed by atoms with Crippen LogP contribution in [-0.2, 0) is 4.79 Å². The molecule has 2 heterocycles. The van der Waals surface area contributed by atoms with Crippen molar-refractivity contribution in [1.82, 2.24) is 10.6 Å². The quantitative estimate of drug-likeness (QED) is 0.722. The van der Waals surface area contributed by atoms with Crippen LogP contribution < -0.4 is 10.6 Å². The van der Waals surface area contributed by atoms with Crippen LogP contribution >= 0.6 is 11.8 Å². The van der Waals surface area contributed by atoms with Gasteiger partial charge in [-0.15, -0.1) is 0 Å². The number of thioether (sulfide) groups is 1. The summed E-state index contributed by atoms with van der Waals surface area (Å²) in [5.74, 6) is -0.631. The van der Waals surface area contributed by atoms with Crippen molar-refractivity contribution in [3.05, 3.63) is 47.5 Å². The highest BCUT2D eigenvalue weighted by Crippen LogP contribution is 2.25. The summed E-state index contributed by atoms with van der Waals surface area (Å²) in [6, 6.07) is 10.9. The molecule has 6 nitrogen and oxygen atoms in total. The van der Waals surface area contributed by atoms with E-state index in [1.807, 2.05) is 24.3 Å². The molecule has 1 fully saturated rings. The van der Waals surface area contributed by atoms with E-state index in [4.69, 9.17) is 0 Å². The van der Waals surface area contributed by atoms with Crippen molar-refractivity contribution in [3.8, 4) is 0 Å². The maximum absolute atomic E-state index is 11.6. The summed E-state index contributed by atoms with van der Waals surface area (Å²) < 4.78 is 0. The molecule has 0 radical (unpaired) electrons. The molecule has 2 aliphatic heterocycles. The van der Waals surface area contributed by atoms with Gasteiger partial charge in [-0.25, -0.2) is 0 Å². The summed E-state index contributed by atoms with van der Waals surface area (Å²) in [5.41, 5.74) is 1.14. The van der Waals surface area contributed by atoms with E-state index < -0.39 is 0 Å². The summed E-state index contributed by atoms with van der Waals surface area (Å²) in [6.07, 6.45) is 0. The topological polar surface area (TPSA) is 92.3 Å². The fourth-order valence-corrected chi connectivity index (χ4v) is 2.77. The van der Waals surface area contributed by atoms with Crippen LogP contribution in [0.15, 0.2) is 36.4 Å². The Morgan fingerprint density at radius 3 is 1.86 bits per heavy atom. The molecule has 0 unspecified atom stereocenters. The first-order valence-corrected chi connectivity index (χ1v) is 7.24. The Hall–Kier alpha value is -2.67. The van der Waals surface area contributed by atoms with Gasteiger partial charge in [0.25, 0.3) is 17.1 Å². The molecule has 7 heteroatoms. The van der Waals surface area contributed by atoms with Crippen LogP contribution in [0.25, 0.3) is 10.8 Å². The second kappa shape index (κ2) is 5.61. The van der Waals surface area contributed by atoms with Gasteiger partial charge in [-0.1, -0.05) is 24.3 Å². The van der Waals surface area contributed by atoms with Gasteiger partial charge in [0.1, 0.15) is 0 Å². The molecule has 110 valence electrons. The maximum Gasteiger partial charge on any atom is 0.287 e. The van der Waals surface area contributed by atoms with Crippen molar-refractivity contribution >= 4 is 44.7 Å². The first-order chi connectivity index (χ1) is 10.6. The first kappa shape index (κ1) is 14.3. The van der Waals surface area contributed by atoms with E-state index in [0.29, 0.717) is 11.1 Å². The number of nitrogens with one attached hydrogen (secondary N) is 2. The highest BCUT2D eigenvalue weighted by molar-refractivity contribution is 8.26. The Balaban J connectivity index is 0.000000174. The minimum Gasteiger partial charge on any atom is -0.339 e. The molecule has 4 rings (SSSR count). The number of hydrogen-bond acceptors (Lipinski definition) is 5. The largest absolute Gasteiger partial charge is 0.339 e. The fraction of sp³-hybridized carbons (Fsp3) is 0.0667. The van der Waals surface area contributed by atoms with E-state index in [9.17, 15) is 19.2 Å². The number of rotatable bonds is 0. The minimum absolute atomic E-state index is 0.0926. The summed E-state index contributed by atoms with van der Waals surface area (Å²) in [4.78, 5) is 43.3. The van der Waals surface area contributed by atoms with Crippen LogP contribution in [0.1, 0.15) is 20.7 Å². The van der Waals surface area contributed by atoms with E-state index in [-0.39, 0.29) is 28.7 Å². The Morgan fingerprint density at radius 1 is 0.864 bits per heavy atom. The second-order valence-corrected chi connectivity index (χ2v) is 5.64. The zero-order chi connectivity index (χ0) is 15.7. The molecule has 2 aromatic rings. The van der Waals surface area contributed by atoms with Crippen LogP contribution in [0, 0.1) is 0 Å². The number of amides is 3. The van der Waals surface area contributed by atoms with Crippen LogP contribution in [0.3, 0.4) is 0 Å². The molecule has 2 N–H and O–H groups in total. The lowest BCUT2D eigenvalue weighted by atomic mass is 9.95. The molecule has 0 aliphatic carbocycles. The maximum atomic E-state index is 11.6. The van der Waals surface area contributed by atoms with E-state index in [1.165, 1.54) is 0 Å². The van der Waals surface area contributed by atoms with Crippen molar-refractivity contribution in [2.75, 3.05) is 6.54 Å². The third kappa shape index (κ3) is 2.58. The molecule has 3 amide bonds. The molecule has 0 spiro atoms. The third-order valence-electron chi connectivity index (χ3n) is 3.20. The van der Waals surface area contributed by atoms with E-state index in [2.05, 4.69) is 10.6 Å². The minimum atomic E-state index is -0.315. The lowest BCUT2D eigenvalue weighted by Gasteiger charge is -2.15. The van der Waals surface area contributed by atoms with Gasteiger partial charge in [0.05, 0.1) is 6.54 Å². The van der Waals surface area contributed by atoms with E-state index >= 15 is 0 Å². The summed E-state index contributed by atoms with van der Waals surface area (Å²) in [6.45, 7) is 0.198. The Labute approximate surface area is 129 Å². The monoisotopic (exact) mass is 314 g/mol. The van der Waals surface area contributed by atoms with Crippen molar-refractivity contribution in [1.29, 1.82) is 0 Å². The molecule has 0 bridgehead atoms. The molecule has 1 saturated heterocycles. The van der Waals surface area contributed by atoms with Gasteiger partial charge in [-0.3, -0.25) is 24.5 Å². The van der Waals surface area contributed by atoms with Crippen LogP contribution in [0.2, 0.25) is 0 Å². The Kier molecular flexibility index (Phi) is 3.64. The van der Waals surface area contributed by atoms with Crippen molar-refractivity contribution in [2.45, 2.75) is 0 Å². The lowest BCUT2D eigenvalue weighted by molar-refractivity contribution is -0.109. The van der Waals surface area contributed by atoms with Gasteiger partial charge in [-0.05, 0) is 17.5 Å². The molecule has 0 aromatic heterocycles. The Bertz CT molecular complexity index is 769. The fourth-order valence-electron chi connectivity index (χ4n) is 2.28. The molecule has 22 heavy (non-hydrogen) atoms. The van der Waals surface area contributed by atoms with E-state index in [0.717, 1.165) is 22.5 Å². The predicted molar refractivity (Wildman–Crippen MR) is 81.7 cm³/mol. The van der Waals surface area contributed by atoms with Gasteiger partial charge in [-0.2, -0.15) is 0 Å². The Morgan fingerprint density at radius 2 is 1.45 bits per heavy atom. The average molecular weight is 314 g/mol. The SMILES string of the molecule is O=C1CNC(=O)S1.O=C1NC(=O)c2cccc3cccc1c23. The van der Waals surface area contributed by atoms with Crippen LogP contribution in [0.4, 0.5) is 4.79 Å². The first-order valence-electron chi connectivity index (χ1n) is 6.42. The highest BCUT2D eigenvalue weighted by Gasteiger charge is 2.23. The van der Waals surface area contributed by atoms with E-state index in [1.54, 1.807) is 12.1 Å². The number of hydrogen-bond donors (Lipinski definition) is 2. The molecule has 0 saturated carbocycles. The highest BCUT2D eigenvalue weighted by atomic mass is 32.2. The smallest absolute Gasteiger partial charge is 0.287 e. The molecular weight excluding hydrogens is 304 g/mol. The normalized spacial score (nSPS) is 16.0. The van der Waals surface area contributed by atoms with Gasteiger partial charge < -0.3 is 5.32 Å². The van der Waals surface area contributed by atoms with Gasteiger partial charge in [0, 0.05) is 28.3 Å². The molecule has 0 atom stereocenters. The molecule has 2 aromatic carbocycles. The molecular formula is C15H10N2O4S. The van der Waals surface area contributed by atoms with Crippen molar-refractivity contribution < 1.29 is 19.2 Å². The summed E-state index contributed by atoms with van der Waals surface area (Å²) in [7, 11) is 0. The number of carbonyl (C=O) groups is 4. The third-order valence-corrected chi connectivity index (χ3v) is 3.91. The zero-order valence-corrected chi connectivity index (χ0v) is 12.0. The standard InChI is InChI=1S/C12H7NO2.C3H3NO2S/c14-11-8-5-1-3-7-4-2-6-9(10(7)8)12(15)13-11;5-2-1-4-3(6)7-2/h1-6H,(H,13,14,15);1H2,(H,4,6). The van der Waals surface area contributed by atoms with Gasteiger partial charge in [0.2, 0.25) is 5.12 Å². The van der Waals surface area contributed by atoms with Crippen LogP contribution in [-0.4, -0.2) is 28.7 Å². The number of imide groups is 1. The summed E-state index contributed by atoms with van der Waals surface area (Å²) >= 11 is 0.731. The van der Waals surface area contributed by atoms with Gasteiger partial charge in [0.15, 0.2) is 0 Å². The van der Waals surface area contributed by atoms with Gasteiger partial charge >= 0.3 is 0 Å². The molecule has 2 aliphatic rings. The van der Waals surface area contributed by atoms with Crippen LogP contribution in [0.5, 0.6) is 0 Å². The second-order valence-electron chi connectivity index (χ2n) is 4.61. The predicted octanol–water partition coefficient (Wildman–Crippen LogP) is 1.69. The van der Waals surface area contributed by atoms with Crippen molar-refractivity contribution in [2.24, 2.45) is 0 Å². The zero-order valence-electron chi connectivity index (χ0n) is 11.2. The summed E-state index contributed by atoms with van der Waals surface area (Å²) in [5, 5.41) is 6.02. The van der Waals surface area contributed by atoms with Crippen molar-refractivity contribution in [3.63, 3.8) is 0 Å².